The minimum absolute atomic E-state index is 0.362. The number of aryl methyl sites for hydroxylation is 1. The van der Waals surface area contributed by atoms with Crippen molar-refractivity contribution in [2.24, 2.45) is 7.05 Å². The molecule has 86 valence electrons. The summed E-state index contributed by atoms with van der Waals surface area (Å²) < 4.78 is 7.07. The zero-order chi connectivity index (χ0) is 11.4. The van der Waals surface area contributed by atoms with Gasteiger partial charge in [0.15, 0.2) is 0 Å². The van der Waals surface area contributed by atoms with Crippen molar-refractivity contribution in [1.29, 1.82) is 0 Å². The van der Waals surface area contributed by atoms with Crippen LogP contribution in [0.4, 0.5) is 0 Å². The predicted octanol–water partition coefficient (Wildman–Crippen LogP) is 1.13. The number of hydrogen-bond acceptors (Lipinski definition) is 4. The zero-order valence-electron chi connectivity index (χ0n) is 9.55. The Balaban J connectivity index is 1.80. The second-order valence-corrected chi connectivity index (χ2v) is 3.91. The van der Waals surface area contributed by atoms with Crippen LogP contribution in [0.3, 0.4) is 0 Å². The average molecular weight is 220 g/mol. The minimum atomic E-state index is 0.362. The molecule has 5 heteroatoms. The van der Waals surface area contributed by atoms with Crippen molar-refractivity contribution in [3.8, 4) is 0 Å². The predicted molar refractivity (Wildman–Crippen MR) is 59.7 cm³/mol. The van der Waals surface area contributed by atoms with Gasteiger partial charge in [0.05, 0.1) is 18.2 Å². The lowest BCUT2D eigenvalue weighted by Gasteiger charge is -2.11. The Morgan fingerprint density at radius 2 is 2.44 bits per heavy atom. The van der Waals surface area contributed by atoms with Crippen molar-refractivity contribution in [2.45, 2.75) is 25.9 Å². The van der Waals surface area contributed by atoms with E-state index in [1.165, 1.54) is 0 Å². The number of rotatable bonds is 5. The summed E-state index contributed by atoms with van der Waals surface area (Å²) in [7, 11) is 1.89. The van der Waals surface area contributed by atoms with Gasteiger partial charge < -0.3 is 9.73 Å². The molecule has 2 aromatic rings. The molecule has 0 amide bonds. The lowest BCUT2D eigenvalue weighted by Crippen LogP contribution is -2.28. The largest absolute Gasteiger partial charge is 0.469 e. The highest BCUT2D eigenvalue weighted by Crippen LogP contribution is 2.04. The first-order valence-corrected chi connectivity index (χ1v) is 5.35. The zero-order valence-corrected chi connectivity index (χ0v) is 9.55. The van der Waals surface area contributed by atoms with Gasteiger partial charge in [-0.3, -0.25) is 4.68 Å². The maximum absolute atomic E-state index is 5.30. The third kappa shape index (κ3) is 2.70. The molecule has 2 rings (SSSR count). The topological polar surface area (TPSA) is 55.9 Å². The summed E-state index contributed by atoms with van der Waals surface area (Å²) in [4.78, 5) is 0. The smallest absolute Gasteiger partial charge is 0.105 e. The van der Waals surface area contributed by atoms with Crippen LogP contribution in [-0.2, 0) is 20.0 Å². The second-order valence-electron chi connectivity index (χ2n) is 3.91. The molecule has 1 unspecified atom stereocenters. The fourth-order valence-electron chi connectivity index (χ4n) is 1.55. The van der Waals surface area contributed by atoms with Gasteiger partial charge in [0.25, 0.3) is 0 Å². The maximum atomic E-state index is 5.30. The molecule has 0 saturated carbocycles. The summed E-state index contributed by atoms with van der Waals surface area (Å²) in [6, 6.07) is 4.26. The van der Waals surface area contributed by atoms with Crippen LogP contribution in [0.15, 0.2) is 29.0 Å². The molecule has 0 saturated heterocycles. The Morgan fingerprint density at radius 3 is 3.06 bits per heavy atom. The van der Waals surface area contributed by atoms with Crippen LogP contribution >= 0.6 is 0 Å². The monoisotopic (exact) mass is 220 g/mol. The minimum Gasteiger partial charge on any atom is -0.469 e. The molecule has 2 heterocycles. The van der Waals surface area contributed by atoms with Gasteiger partial charge in [-0.25, -0.2) is 0 Å². The Hall–Kier alpha value is -1.62. The van der Waals surface area contributed by atoms with Gasteiger partial charge in [0.2, 0.25) is 0 Å². The molecule has 0 aliphatic heterocycles. The standard InChI is InChI=1S/C11H16N4O/c1-9(6-11-4-3-5-16-11)12-7-10-8-13-14-15(10)2/h3-5,8-9,12H,6-7H2,1-2H3. The molecule has 0 fully saturated rings. The van der Waals surface area contributed by atoms with Gasteiger partial charge >= 0.3 is 0 Å². The molecule has 0 bridgehead atoms. The van der Waals surface area contributed by atoms with Gasteiger partial charge in [-0.1, -0.05) is 5.21 Å². The van der Waals surface area contributed by atoms with E-state index in [-0.39, 0.29) is 0 Å². The summed E-state index contributed by atoms with van der Waals surface area (Å²) in [6.07, 6.45) is 4.36. The van der Waals surface area contributed by atoms with E-state index in [0.717, 1.165) is 24.4 Å². The maximum Gasteiger partial charge on any atom is 0.105 e. The van der Waals surface area contributed by atoms with E-state index in [1.807, 2.05) is 19.2 Å². The lowest BCUT2D eigenvalue weighted by atomic mass is 10.2. The van der Waals surface area contributed by atoms with E-state index in [1.54, 1.807) is 17.1 Å². The molecule has 5 nitrogen and oxygen atoms in total. The van der Waals surface area contributed by atoms with E-state index < -0.39 is 0 Å². The van der Waals surface area contributed by atoms with Crippen molar-refractivity contribution in [1.82, 2.24) is 20.3 Å². The molecule has 0 radical (unpaired) electrons. The van der Waals surface area contributed by atoms with Gasteiger partial charge in [0.1, 0.15) is 5.76 Å². The van der Waals surface area contributed by atoms with E-state index in [4.69, 9.17) is 4.42 Å². The van der Waals surface area contributed by atoms with Crippen LogP contribution in [0.5, 0.6) is 0 Å². The van der Waals surface area contributed by atoms with Crippen LogP contribution in [0.25, 0.3) is 0 Å². The van der Waals surface area contributed by atoms with Crippen molar-refractivity contribution in [3.05, 3.63) is 36.0 Å². The number of aromatic nitrogens is 3. The number of furan rings is 1. The van der Waals surface area contributed by atoms with Crippen LogP contribution in [0.1, 0.15) is 18.4 Å². The highest BCUT2D eigenvalue weighted by atomic mass is 16.3. The third-order valence-electron chi connectivity index (χ3n) is 2.53. The van der Waals surface area contributed by atoms with Crippen LogP contribution in [0, 0.1) is 0 Å². The fourth-order valence-corrected chi connectivity index (χ4v) is 1.55. The summed E-state index contributed by atoms with van der Waals surface area (Å²) in [5, 5.41) is 11.1. The van der Waals surface area contributed by atoms with Crippen molar-refractivity contribution in [2.75, 3.05) is 0 Å². The van der Waals surface area contributed by atoms with E-state index >= 15 is 0 Å². The van der Waals surface area contributed by atoms with Crippen LogP contribution < -0.4 is 5.32 Å². The number of hydrogen-bond donors (Lipinski definition) is 1. The normalized spacial score (nSPS) is 12.9. The van der Waals surface area contributed by atoms with Crippen molar-refractivity contribution in [3.63, 3.8) is 0 Å². The Bertz CT molecular complexity index is 421. The Kier molecular flexibility index (Phi) is 3.36. The van der Waals surface area contributed by atoms with Gasteiger partial charge in [-0.2, -0.15) is 0 Å². The molecule has 1 N–H and O–H groups in total. The Labute approximate surface area is 94.5 Å². The number of nitrogens with zero attached hydrogens (tertiary/aromatic N) is 3. The first kappa shape index (κ1) is 10.9. The third-order valence-corrected chi connectivity index (χ3v) is 2.53. The molecule has 16 heavy (non-hydrogen) atoms. The molecule has 0 aromatic carbocycles. The molecular weight excluding hydrogens is 204 g/mol. The molecule has 1 atom stereocenters. The van der Waals surface area contributed by atoms with E-state index in [9.17, 15) is 0 Å². The van der Waals surface area contributed by atoms with Crippen LogP contribution in [-0.4, -0.2) is 21.0 Å². The molecule has 0 spiro atoms. The quantitative estimate of drug-likeness (QED) is 0.820. The highest BCUT2D eigenvalue weighted by Gasteiger charge is 2.06. The van der Waals surface area contributed by atoms with E-state index in [2.05, 4.69) is 22.6 Å². The fraction of sp³-hybridized carbons (Fsp3) is 0.455. The Morgan fingerprint density at radius 1 is 1.56 bits per heavy atom. The SMILES string of the molecule is CC(Cc1ccco1)NCc1cnnn1C. The van der Waals surface area contributed by atoms with Gasteiger partial charge in [0, 0.05) is 26.1 Å². The highest BCUT2D eigenvalue weighted by molar-refractivity contribution is 5.00. The first-order chi connectivity index (χ1) is 7.75. The van der Waals surface area contributed by atoms with Crippen LogP contribution in [0.2, 0.25) is 0 Å². The molecular formula is C11H16N4O. The number of nitrogens with one attached hydrogen (secondary N) is 1. The summed E-state index contributed by atoms with van der Waals surface area (Å²) in [6.45, 7) is 2.90. The molecule has 0 aliphatic carbocycles. The van der Waals surface area contributed by atoms with Gasteiger partial charge in [-0.15, -0.1) is 5.10 Å². The first-order valence-electron chi connectivity index (χ1n) is 5.35. The molecule has 2 aromatic heterocycles. The van der Waals surface area contributed by atoms with E-state index in [0.29, 0.717) is 6.04 Å². The summed E-state index contributed by atoms with van der Waals surface area (Å²) in [5.74, 6) is 1.00. The van der Waals surface area contributed by atoms with Gasteiger partial charge in [-0.05, 0) is 19.1 Å². The summed E-state index contributed by atoms with van der Waals surface area (Å²) >= 11 is 0. The van der Waals surface area contributed by atoms with Crippen molar-refractivity contribution >= 4 is 0 Å². The second kappa shape index (κ2) is 4.94. The lowest BCUT2D eigenvalue weighted by molar-refractivity contribution is 0.451. The summed E-state index contributed by atoms with van der Waals surface area (Å²) in [5.41, 5.74) is 1.08. The average Bonchev–Trinajstić information content (AvgIpc) is 2.87. The van der Waals surface area contributed by atoms with Crippen molar-refractivity contribution < 1.29 is 4.42 Å². The molecule has 0 aliphatic rings.